The van der Waals surface area contributed by atoms with Gasteiger partial charge in [-0.1, -0.05) is 60.2 Å². The van der Waals surface area contributed by atoms with Crippen LogP contribution in [0.25, 0.3) is 11.0 Å². The summed E-state index contributed by atoms with van der Waals surface area (Å²) in [5, 5.41) is 0. The van der Waals surface area contributed by atoms with Gasteiger partial charge in [-0.05, 0) is 107 Å². The van der Waals surface area contributed by atoms with E-state index in [1.54, 1.807) is 0 Å². The Morgan fingerprint density at radius 1 is 0.857 bits per heavy atom. The van der Waals surface area contributed by atoms with Gasteiger partial charge in [0, 0.05) is 36.8 Å². The first-order chi connectivity index (χ1) is 20.4. The van der Waals surface area contributed by atoms with Crippen LogP contribution < -0.4 is 0 Å². The molecule has 4 aromatic rings. The lowest BCUT2D eigenvalue weighted by atomic mass is 9.70. The maximum atomic E-state index is 13.5. The number of likely N-dealkylation sites (tertiary alicyclic amines) is 1. The molecule has 3 saturated heterocycles. The molecular weight excluding hydrogens is 516 g/mol. The van der Waals surface area contributed by atoms with Crippen molar-refractivity contribution in [3.05, 3.63) is 101 Å². The van der Waals surface area contributed by atoms with Crippen LogP contribution in [-0.4, -0.2) is 57.0 Å². The van der Waals surface area contributed by atoms with Crippen molar-refractivity contribution < 1.29 is 4.79 Å². The second-order valence-electron chi connectivity index (χ2n) is 13.3. The smallest absolute Gasteiger partial charge is 0.254 e. The molecular formula is C37H44N4O. The number of aromatic nitrogens is 2. The molecule has 5 nitrogen and oxygen atoms in total. The third-order valence-corrected chi connectivity index (χ3v) is 10.9. The van der Waals surface area contributed by atoms with E-state index in [1.807, 2.05) is 6.07 Å². The van der Waals surface area contributed by atoms with Crippen LogP contribution >= 0.6 is 0 Å². The highest BCUT2D eigenvalue weighted by molar-refractivity contribution is 5.95. The SMILES string of the molecule is Cc1ccc(C(=O)N2CCC(CCN3[C@@H]4CC[C@H]3C[C@@H](n3c(C)nc5ccccc53)C4)(c3ccccc3)CC2)c(C)c1. The number of fused-ring (bicyclic) bond motifs is 3. The van der Waals surface area contributed by atoms with Gasteiger partial charge >= 0.3 is 0 Å². The Morgan fingerprint density at radius 3 is 2.26 bits per heavy atom. The lowest BCUT2D eigenvalue weighted by Crippen LogP contribution is -2.49. The molecule has 42 heavy (non-hydrogen) atoms. The van der Waals surface area contributed by atoms with Gasteiger partial charge in [0.1, 0.15) is 5.82 Å². The van der Waals surface area contributed by atoms with E-state index in [0.717, 1.165) is 61.4 Å². The molecule has 0 saturated carbocycles. The first-order valence-electron chi connectivity index (χ1n) is 16.0. The number of imidazole rings is 1. The molecule has 0 radical (unpaired) electrons. The molecule has 3 aromatic carbocycles. The second-order valence-corrected chi connectivity index (χ2v) is 13.3. The average Bonchev–Trinajstić information content (AvgIpc) is 3.46. The van der Waals surface area contributed by atoms with Crippen LogP contribution in [-0.2, 0) is 5.41 Å². The van der Waals surface area contributed by atoms with Crippen molar-refractivity contribution in [3.8, 4) is 0 Å². The zero-order chi connectivity index (χ0) is 28.8. The van der Waals surface area contributed by atoms with Crippen LogP contribution in [0.3, 0.4) is 0 Å². The van der Waals surface area contributed by atoms with Crippen LogP contribution in [0.5, 0.6) is 0 Å². The van der Waals surface area contributed by atoms with Gasteiger partial charge in [-0.2, -0.15) is 0 Å². The van der Waals surface area contributed by atoms with Gasteiger partial charge in [0.15, 0.2) is 0 Å². The number of piperidine rings is 2. The van der Waals surface area contributed by atoms with E-state index >= 15 is 0 Å². The van der Waals surface area contributed by atoms with Crippen molar-refractivity contribution in [1.82, 2.24) is 19.4 Å². The molecule has 3 aliphatic rings. The van der Waals surface area contributed by atoms with Crippen molar-refractivity contribution in [2.45, 2.75) is 89.3 Å². The van der Waals surface area contributed by atoms with Gasteiger partial charge < -0.3 is 9.47 Å². The van der Waals surface area contributed by atoms with Gasteiger partial charge in [0.2, 0.25) is 0 Å². The van der Waals surface area contributed by atoms with E-state index in [2.05, 4.69) is 102 Å². The largest absolute Gasteiger partial charge is 0.339 e. The van der Waals surface area contributed by atoms with E-state index in [1.165, 1.54) is 42.3 Å². The summed E-state index contributed by atoms with van der Waals surface area (Å²) in [7, 11) is 0. The van der Waals surface area contributed by atoms with Crippen LogP contribution in [0.15, 0.2) is 72.8 Å². The van der Waals surface area contributed by atoms with Gasteiger partial charge in [0.05, 0.1) is 11.0 Å². The summed E-state index contributed by atoms with van der Waals surface area (Å²) in [6, 6.07) is 27.8. The molecule has 0 N–H and O–H groups in total. The Kier molecular flexibility index (Phi) is 7.17. The maximum absolute atomic E-state index is 13.5. The van der Waals surface area contributed by atoms with Gasteiger partial charge in [-0.15, -0.1) is 0 Å². The number of carbonyl (C=O) groups is 1. The Labute approximate surface area is 250 Å². The molecule has 3 atom stereocenters. The molecule has 7 rings (SSSR count). The summed E-state index contributed by atoms with van der Waals surface area (Å²) in [5.41, 5.74) is 7.12. The molecule has 0 aliphatic carbocycles. The highest BCUT2D eigenvalue weighted by atomic mass is 16.2. The highest BCUT2D eigenvalue weighted by Crippen LogP contribution is 2.45. The molecule has 2 bridgehead atoms. The predicted molar refractivity (Wildman–Crippen MR) is 170 cm³/mol. The zero-order valence-electron chi connectivity index (χ0n) is 25.4. The minimum Gasteiger partial charge on any atom is -0.339 e. The van der Waals surface area contributed by atoms with Crippen LogP contribution in [0.1, 0.15) is 83.9 Å². The Morgan fingerprint density at radius 2 is 1.55 bits per heavy atom. The number of nitrogens with zero attached hydrogens (tertiary/aromatic N) is 4. The highest BCUT2D eigenvalue weighted by Gasteiger charge is 2.44. The van der Waals surface area contributed by atoms with Crippen LogP contribution in [0.4, 0.5) is 0 Å². The van der Waals surface area contributed by atoms with Crippen LogP contribution in [0.2, 0.25) is 0 Å². The van der Waals surface area contributed by atoms with E-state index in [9.17, 15) is 4.79 Å². The second kappa shape index (κ2) is 11.0. The summed E-state index contributed by atoms with van der Waals surface area (Å²) < 4.78 is 2.53. The summed E-state index contributed by atoms with van der Waals surface area (Å²) >= 11 is 0. The molecule has 1 amide bonds. The minimum absolute atomic E-state index is 0.119. The predicted octanol–water partition coefficient (Wildman–Crippen LogP) is 7.39. The van der Waals surface area contributed by atoms with Crippen molar-refractivity contribution in [2.24, 2.45) is 0 Å². The lowest BCUT2D eigenvalue weighted by Gasteiger charge is -2.45. The van der Waals surface area contributed by atoms with E-state index in [-0.39, 0.29) is 11.3 Å². The van der Waals surface area contributed by atoms with Crippen molar-refractivity contribution in [3.63, 3.8) is 0 Å². The summed E-state index contributed by atoms with van der Waals surface area (Å²) in [5.74, 6) is 1.34. The number of para-hydroxylation sites is 2. The molecule has 218 valence electrons. The molecule has 0 unspecified atom stereocenters. The minimum atomic E-state index is 0.119. The fourth-order valence-corrected chi connectivity index (χ4v) is 8.63. The summed E-state index contributed by atoms with van der Waals surface area (Å²) in [4.78, 5) is 23.4. The molecule has 0 spiro atoms. The Balaban J connectivity index is 1.06. The topological polar surface area (TPSA) is 41.4 Å². The fraction of sp³-hybridized carbons (Fsp3) is 0.459. The third kappa shape index (κ3) is 4.86. The van der Waals surface area contributed by atoms with Crippen molar-refractivity contribution >= 4 is 16.9 Å². The Hall–Kier alpha value is -3.44. The normalized spacial score (nSPS) is 23.9. The van der Waals surface area contributed by atoms with Crippen molar-refractivity contribution in [2.75, 3.05) is 19.6 Å². The fourth-order valence-electron chi connectivity index (χ4n) is 8.63. The zero-order valence-corrected chi connectivity index (χ0v) is 25.4. The molecule has 5 heteroatoms. The molecule has 3 fully saturated rings. The van der Waals surface area contributed by atoms with Crippen molar-refractivity contribution in [1.29, 1.82) is 0 Å². The number of amides is 1. The van der Waals surface area contributed by atoms with Gasteiger partial charge in [0.25, 0.3) is 5.91 Å². The number of benzene rings is 3. The average molecular weight is 561 g/mol. The van der Waals surface area contributed by atoms with Gasteiger partial charge in [-0.3, -0.25) is 9.69 Å². The number of rotatable bonds is 6. The monoisotopic (exact) mass is 560 g/mol. The summed E-state index contributed by atoms with van der Waals surface area (Å²) in [6.45, 7) is 9.12. The van der Waals surface area contributed by atoms with E-state index < -0.39 is 0 Å². The molecule has 3 aliphatic heterocycles. The molecule has 1 aromatic heterocycles. The third-order valence-electron chi connectivity index (χ3n) is 10.9. The first kappa shape index (κ1) is 27.4. The standard InChI is InChI=1S/C37H44N4O/c1-26-13-16-33(27(2)23-26)36(42)39-20-17-37(18-21-39,29-9-5-4-6-10-29)19-22-40-30-14-15-31(40)25-32(24-30)41-28(3)38-34-11-7-8-12-35(34)41/h4-13,16,23,30-32H,14-15,17-22,24-25H2,1-3H3/t30-,31+,32+. The van der Waals surface area contributed by atoms with Crippen LogP contribution in [0, 0.1) is 20.8 Å². The number of hydrogen-bond acceptors (Lipinski definition) is 3. The lowest BCUT2D eigenvalue weighted by molar-refractivity contribution is 0.0606. The maximum Gasteiger partial charge on any atom is 0.254 e. The number of carbonyl (C=O) groups excluding carboxylic acids is 1. The van der Waals surface area contributed by atoms with E-state index in [4.69, 9.17) is 4.98 Å². The van der Waals surface area contributed by atoms with E-state index in [0.29, 0.717) is 18.1 Å². The number of hydrogen-bond donors (Lipinski definition) is 0. The quantitative estimate of drug-likeness (QED) is 0.247. The molecule has 4 heterocycles. The number of aryl methyl sites for hydroxylation is 3. The Bertz CT molecular complexity index is 1570. The first-order valence-corrected chi connectivity index (χ1v) is 16.0. The summed E-state index contributed by atoms with van der Waals surface area (Å²) in [6.07, 6.45) is 8.27. The van der Waals surface area contributed by atoms with Gasteiger partial charge in [-0.25, -0.2) is 4.98 Å².